The molecule has 0 amide bonds. The van der Waals surface area contributed by atoms with E-state index in [0.29, 0.717) is 46.0 Å². The molecule has 0 unspecified atom stereocenters. The molecule has 45 heavy (non-hydrogen) atoms. The van der Waals surface area contributed by atoms with E-state index < -0.39 is 36.1 Å². The van der Waals surface area contributed by atoms with E-state index in [0.717, 1.165) is 17.2 Å². The number of pyridine rings is 1. The molecule has 2 aliphatic heterocycles. The summed E-state index contributed by atoms with van der Waals surface area (Å²) in [7, 11) is -3.62. The van der Waals surface area contributed by atoms with Gasteiger partial charge in [0.25, 0.3) is 0 Å². The van der Waals surface area contributed by atoms with Gasteiger partial charge < -0.3 is 24.1 Å². The maximum Gasteiger partial charge on any atom is 0.301 e. The highest BCUT2D eigenvalue weighted by molar-refractivity contribution is 7.92. The van der Waals surface area contributed by atoms with E-state index in [1.54, 1.807) is 29.3 Å². The summed E-state index contributed by atoms with van der Waals surface area (Å²) in [6.07, 6.45) is 4.29. The SMILES string of the molecule is C[Si](C)(C)CCOCn1c(O[C@@H]2CO[C@H]3[C@@H]2OC[C@H]3O)nc2cc(Cl)c(-c3ccc(-c4cnc(N=S(C)(C)=O)cn4)cc3)nc21. The van der Waals surface area contributed by atoms with Gasteiger partial charge >= 0.3 is 6.01 Å². The number of halogens is 1. The Morgan fingerprint density at radius 2 is 1.80 bits per heavy atom. The molecule has 1 aromatic carbocycles. The maximum atomic E-state index is 12.0. The van der Waals surface area contributed by atoms with Gasteiger partial charge in [0, 0.05) is 48.0 Å². The molecule has 15 heteroatoms. The minimum absolute atomic E-state index is 0.195. The molecule has 4 aromatic rings. The van der Waals surface area contributed by atoms with Crippen LogP contribution in [0.25, 0.3) is 33.7 Å². The molecule has 0 radical (unpaired) electrons. The molecule has 4 atom stereocenters. The summed E-state index contributed by atoms with van der Waals surface area (Å²) in [5, 5.41) is 10.6. The minimum Gasteiger partial charge on any atom is -0.456 e. The fraction of sp³-hybridized carbons (Fsp3) is 0.467. The van der Waals surface area contributed by atoms with Crippen molar-refractivity contribution in [3.8, 4) is 28.5 Å². The second-order valence-corrected chi connectivity index (χ2v) is 21.3. The van der Waals surface area contributed by atoms with Crippen LogP contribution in [0.3, 0.4) is 0 Å². The van der Waals surface area contributed by atoms with Crippen molar-refractivity contribution in [2.75, 3.05) is 32.3 Å². The van der Waals surface area contributed by atoms with Crippen LogP contribution in [0.5, 0.6) is 6.01 Å². The highest BCUT2D eigenvalue weighted by Gasteiger charge is 2.49. The lowest BCUT2D eigenvalue weighted by molar-refractivity contribution is 0.00336. The Bertz CT molecular complexity index is 1800. The number of rotatable bonds is 10. The molecule has 0 saturated carbocycles. The van der Waals surface area contributed by atoms with Gasteiger partial charge in [0.05, 0.1) is 42.0 Å². The molecule has 3 aromatic heterocycles. The van der Waals surface area contributed by atoms with Gasteiger partial charge in [-0.15, -0.1) is 0 Å². The third kappa shape index (κ3) is 7.37. The fourth-order valence-electron chi connectivity index (χ4n) is 5.17. The standard InChI is InChI=1S/C30H37ClN6O6SSi/c1-44(2,39)36-25-14-32-22(13-33-25)18-6-8-19(9-7-18)26-20(31)12-21-29(35-26)37(17-40-10-11-45(3,4)5)30(34-21)43-24-16-42-27-23(38)15-41-28(24)27/h6-9,12-14,23-24,27-28,38H,10-11,15-17H2,1-5H3/t23-,24-,27-,28-/m1/s1. The van der Waals surface area contributed by atoms with E-state index in [2.05, 4.69) is 34.0 Å². The summed E-state index contributed by atoms with van der Waals surface area (Å²) >= 11 is 6.76. The quantitative estimate of drug-likeness (QED) is 0.185. The summed E-state index contributed by atoms with van der Waals surface area (Å²) in [6, 6.07) is 10.8. The number of ether oxygens (including phenoxy) is 4. The van der Waals surface area contributed by atoms with E-state index in [9.17, 15) is 9.32 Å². The fourth-order valence-corrected chi connectivity index (χ4v) is 6.73. The number of nitrogens with zero attached hydrogens (tertiary/aromatic N) is 6. The number of benzene rings is 1. The van der Waals surface area contributed by atoms with Crippen molar-refractivity contribution in [1.82, 2.24) is 24.5 Å². The van der Waals surface area contributed by atoms with E-state index in [1.807, 2.05) is 24.3 Å². The van der Waals surface area contributed by atoms with Crippen LogP contribution in [0, 0.1) is 0 Å². The predicted octanol–water partition coefficient (Wildman–Crippen LogP) is 4.79. The Morgan fingerprint density at radius 1 is 1.07 bits per heavy atom. The number of hydrogen-bond acceptors (Lipinski definition) is 11. The Labute approximate surface area is 268 Å². The minimum atomic E-state index is -2.32. The van der Waals surface area contributed by atoms with Crippen molar-refractivity contribution in [3.63, 3.8) is 0 Å². The van der Waals surface area contributed by atoms with E-state index in [1.165, 1.54) is 6.20 Å². The molecule has 0 bridgehead atoms. The van der Waals surface area contributed by atoms with Gasteiger partial charge in [-0.3, -0.25) is 9.55 Å². The molecule has 2 fully saturated rings. The summed E-state index contributed by atoms with van der Waals surface area (Å²) in [5.74, 6) is 0.327. The molecule has 2 aliphatic rings. The van der Waals surface area contributed by atoms with Crippen molar-refractivity contribution in [2.45, 2.75) is 56.8 Å². The molecular formula is C30H37ClN6O6SSi. The van der Waals surface area contributed by atoms with Gasteiger partial charge in [0.1, 0.15) is 30.6 Å². The average molecular weight is 673 g/mol. The first-order chi connectivity index (χ1) is 21.3. The van der Waals surface area contributed by atoms with Crippen LogP contribution in [-0.4, -0.2) is 98.6 Å². The molecule has 1 N–H and O–H groups in total. The summed E-state index contributed by atoms with van der Waals surface area (Å²) in [5.41, 5.74) is 4.02. The maximum absolute atomic E-state index is 12.0. The van der Waals surface area contributed by atoms with Gasteiger partial charge in [-0.1, -0.05) is 55.5 Å². The van der Waals surface area contributed by atoms with Crippen LogP contribution in [0.15, 0.2) is 47.1 Å². The lowest BCUT2D eigenvalue weighted by atomic mass is 10.1. The van der Waals surface area contributed by atoms with Crippen molar-refractivity contribution in [1.29, 1.82) is 0 Å². The van der Waals surface area contributed by atoms with Crippen LogP contribution in [-0.2, 0) is 30.7 Å². The molecule has 2 saturated heterocycles. The number of aliphatic hydroxyl groups excluding tert-OH is 1. The summed E-state index contributed by atoms with van der Waals surface area (Å²) in [4.78, 5) is 18.4. The number of aliphatic hydroxyl groups is 1. The van der Waals surface area contributed by atoms with Gasteiger partial charge in [-0.05, 0) is 12.1 Å². The molecule has 0 aliphatic carbocycles. The lowest BCUT2D eigenvalue weighted by Gasteiger charge is -2.19. The van der Waals surface area contributed by atoms with Crippen molar-refractivity contribution >= 4 is 46.4 Å². The third-order valence-corrected chi connectivity index (χ3v) is 10.1. The molecule has 240 valence electrons. The average Bonchev–Trinajstić information content (AvgIpc) is 3.65. The van der Waals surface area contributed by atoms with E-state index >= 15 is 0 Å². The second-order valence-electron chi connectivity index (χ2n) is 12.8. The Kier molecular flexibility index (Phi) is 9.00. The van der Waals surface area contributed by atoms with Crippen LogP contribution < -0.4 is 4.74 Å². The zero-order valence-corrected chi connectivity index (χ0v) is 28.4. The second kappa shape index (κ2) is 12.7. The van der Waals surface area contributed by atoms with Crippen LogP contribution in [0.2, 0.25) is 30.7 Å². The van der Waals surface area contributed by atoms with Gasteiger partial charge in [0.2, 0.25) is 0 Å². The Morgan fingerprint density at radius 3 is 2.49 bits per heavy atom. The molecule has 6 rings (SSSR count). The Balaban J connectivity index is 1.29. The van der Waals surface area contributed by atoms with Crippen LogP contribution >= 0.6 is 11.6 Å². The van der Waals surface area contributed by atoms with Crippen molar-refractivity contribution in [2.24, 2.45) is 4.36 Å². The molecule has 5 heterocycles. The monoisotopic (exact) mass is 672 g/mol. The predicted molar refractivity (Wildman–Crippen MR) is 175 cm³/mol. The van der Waals surface area contributed by atoms with Crippen molar-refractivity contribution in [3.05, 3.63) is 47.7 Å². The highest BCUT2D eigenvalue weighted by atomic mass is 35.5. The van der Waals surface area contributed by atoms with Crippen molar-refractivity contribution < 1.29 is 28.3 Å². The normalized spacial score (nSPS) is 21.8. The summed E-state index contributed by atoms with van der Waals surface area (Å²) in [6.45, 7) is 8.20. The number of imidazole rings is 1. The summed E-state index contributed by atoms with van der Waals surface area (Å²) < 4.78 is 41.8. The topological polar surface area (TPSA) is 143 Å². The Hall–Kier alpha value is -2.98. The van der Waals surface area contributed by atoms with E-state index in [4.69, 9.17) is 40.5 Å². The van der Waals surface area contributed by atoms with Gasteiger partial charge in [0.15, 0.2) is 17.6 Å². The first-order valence-corrected chi connectivity index (χ1v) is 21.1. The van der Waals surface area contributed by atoms with Gasteiger partial charge in [-0.2, -0.15) is 9.35 Å². The van der Waals surface area contributed by atoms with Crippen LogP contribution in [0.4, 0.5) is 5.82 Å². The number of hydrogen-bond donors (Lipinski definition) is 1. The smallest absolute Gasteiger partial charge is 0.301 e. The molecular weight excluding hydrogens is 636 g/mol. The highest BCUT2D eigenvalue weighted by Crippen LogP contribution is 2.34. The zero-order chi connectivity index (χ0) is 31.9. The van der Waals surface area contributed by atoms with Gasteiger partial charge in [-0.25, -0.2) is 14.2 Å². The zero-order valence-electron chi connectivity index (χ0n) is 25.8. The van der Waals surface area contributed by atoms with Crippen LogP contribution in [0.1, 0.15) is 0 Å². The van der Waals surface area contributed by atoms with E-state index in [-0.39, 0.29) is 26.0 Å². The third-order valence-electron chi connectivity index (χ3n) is 7.50. The molecule has 0 spiro atoms. The molecule has 12 nitrogen and oxygen atoms in total. The number of fused-ring (bicyclic) bond motifs is 2. The number of aromatic nitrogens is 5. The largest absolute Gasteiger partial charge is 0.456 e. The first-order valence-electron chi connectivity index (χ1n) is 14.7. The lowest BCUT2D eigenvalue weighted by Crippen LogP contribution is -2.35. The first kappa shape index (κ1) is 32.0.